The number of nitrogens with zero attached hydrogens (tertiary/aromatic N) is 8. The maximum absolute atomic E-state index is 13.8. The lowest BCUT2D eigenvalue weighted by atomic mass is 10.1. The van der Waals surface area contributed by atoms with Crippen molar-refractivity contribution in [3.8, 4) is 17.6 Å². The van der Waals surface area contributed by atoms with E-state index in [-0.39, 0.29) is 28.6 Å². The lowest BCUT2D eigenvalue weighted by molar-refractivity contribution is -0.141. The first kappa shape index (κ1) is 22.5. The Morgan fingerprint density at radius 1 is 1.08 bits per heavy atom. The Bertz CT molecular complexity index is 1650. The zero-order valence-electron chi connectivity index (χ0n) is 18.0. The van der Waals surface area contributed by atoms with Gasteiger partial charge in [-0.1, -0.05) is 12.1 Å². The van der Waals surface area contributed by atoms with E-state index in [9.17, 15) is 23.2 Å². The average molecular weight is 490 g/mol. The van der Waals surface area contributed by atoms with Crippen LogP contribution in [0.15, 0.2) is 61.3 Å². The van der Waals surface area contributed by atoms with Gasteiger partial charge in [-0.2, -0.15) is 33.7 Å². The first-order chi connectivity index (χ1) is 17.3. The van der Waals surface area contributed by atoms with Crippen LogP contribution in [0.2, 0.25) is 0 Å². The van der Waals surface area contributed by atoms with Crippen LogP contribution < -0.4 is 11.1 Å². The van der Waals surface area contributed by atoms with Crippen molar-refractivity contribution >= 4 is 28.2 Å². The molecule has 0 radical (unpaired) electrons. The van der Waals surface area contributed by atoms with Gasteiger partial charge in [0.15, 0.2) is 11.5 Å². The van der Waals surface area contributed by atoms with Crippen molar-refractivity contribution in [3.05, 3.63) is 78.1 Å². The summed E-state index contributed by atoms with van der Waals surface area (Å²) >= 11 is 0. The molecule has 0 aliphatic rings. The minimum atomic E-state index is -4.92. The number of anilines is 2. The van der Waals surface area contributed by atoms with E-state index in [0.29, 0.717) is 10.8 Å². The Morgan fingerprint density at radius 3 is 2.58 bits per heavy atom. The lowest BCUT2D eigenvalue weighted by Gasteiger charge is -2.08. The molecule has 0 saturated carbocycles. The molecule has 11 nitrogen and oxygen atoms in total. The van der Waals surface area contributed by atoms with E-state index in [0.717, 1.165) is 15.7 Å². The van der Waals surface area contributed by atoms with Crippen LogP contribution in [0.3, 0.4) is 0 Å². The number of halogens is 3. The fourth-order valence-corrected chi connectivity index (χ4v) is 3.58. The Kier molecular flexibility index (Phi) is 5.29. The van der Waals surface area contributed by atoms with Gasteiger partial charge in [-0.05, 0) is 18.2 Å². The van der Waals surface area contributed by atoms with Gasteiger partial charge >= 0.3 is 6.18 Å². The van der Waals surface area contributed by atoms with Gasteiger partial charge in [0, 0.05) is 23.2 Å². The first-order valence-electron chi connectivity index (χ1n) is 10.1. The number of pyridine rings is 2. The summed E-state index contributed by atoms with van der Waals surface area (Å²) < 4.78 is 42.4. The van der Waals surface area contributed by atoms with Gasteiger partial charge in [-0.3, -0.25) is 4.79 Å². The molecule has 3 N–H and O–H groups in total. The summed E-state index contributed by atoms with van der Waals surface area (Å²) in [4.78, 5) is 22.0. The molecule has 0 spiro atoms. The van der Waals surface area contributed by atoms with Crippen LogP contribution in [0.5, 0.6) is 0 Å². The summed E-state index contributed by atoms with van der Waals surface area (Å²) in [5, 5.41) is 24.2. The third-order valence-electron chi connectivity index (χ3n) is 5.14. The van der Waals surface area contributed by atoms with Crippen LogP contribution in [-0.4, -0.2) is 40.6 Å². The van der Waals surface area contributed by atoms with Crippen molar-refractivity contribution in [1.82, 2.24) is 34.7 Å². The molecule has 5 aromatic rings. The fourth-order valence-electron chi connectivity index (χ4n) is 3.58. The molecule has 0 saturated heterocycles. The second kappa shape index (κ2) is 8.47. The number of carbonyl (C=O) groups excluding carboxylic acids is 1. The SMILES string of the molecule is N#Cc1cc(NC(=O)c2cn(-c3cccc4c(N)nccc34)nc2C(F)(F)F)cnc1-n1nccn1. The number of fused-ring (bicyclic) bond motifs is 1. The fraction of sp³-hybridized carbons (Fsp3) is 0.0455. The van der Waals surface area contributed by atoms with Crippen LogP contribution in [0.1, 0.15) is 21.6 Å². The smallest absolute Gasteiger partial charge is 0.383 e. The van der Waals surface area contributed by atoms with E-state index < -0.39 is 23.3 Å². The van der Waals surface area contributed by atoms with Gasteiger partial charge in [0.05, 0.1) is 35.5 Å². The molecule has 36 heavy (non-hydrogen) atoms. The van der Waals surface area contributed by atoms with E-state index in [2.05, 4.69) is 30.6 Å². The van der Waals surface area contributed by atoms with E-state index in [1.807, 2.05) is 6.07 Å². The zero-order chi connectivity index (χ0) is 25.4. The number of hydrogen-bond donors (Lipinski definition) is 2. The predicted molar refractivity (Wildman–Crippen MR) is 120 cm³/mol. The number of nitriles is 1. The maximum atomic E-state index is 13.8. The molecule has 5 rings (SSSR count). The highest BCUT2D eigenvalue weighted by atomic mass is 19.4. The van der Waals surface area contributed by atoms with Crippen molar-refractivity contribution in [3.63, 3.8) is 0 Å². The summed E-state index contributed by atoms with van der Waals surface area (Å²) in [6, 6.07) is 9.54. The predicted octanol–water partition coefficient (Wildman–Crippen LogP) is 3.12. The molecule has 4 heterocycles. The van der Waals surface area contributed by atoms with Crippen LogP contribution >= 0.6 is 0 Å². The second-order valence-corrected chi connectivity index (χ2v) is 7.38. The van der Waals surface area contributed by atoms with E-state index in [1.165, 1.54) is 30.9 Å². The minimum absolute atomic E-state index is 0.00214. The first-order valence-corrected chi connectivity index (χ1v) is 10.1. The summed E-state index contributed by atoms with van der Waals surface area (Å²) in [5.74, 6) is -0.801. The van der Waals surface area contributed by atoms with Crippen molar-refractivity contribution < 1.29 is 18.0 Å². The van der Waals surface area contributed by atoms with Gasteiger partial charge in [0.2, 0.25) is 0 Å². The number of aromatic nitrogens is 7. The normalized spacial score (nSPS) is 11.4. The molecular formula is C22H13F3N10O. The van der Waals surface area contributed by atoms with Gasteiger partial charge in [0.1, 0.15) is 17.5 Å². The van der Waals surface area contributed by atoms with Gasteiger partial charge in [-0.25, -0.2) is 14.6 Å². The van der Waals surface area contributed by atoms with E-state index in [4.69, 9.17) is 5.73 Å². The molecule has 1 aromatic carbocycles. The summed E-state index contributed by atoms with van der Waals surface area (Å²) in [6.45, 7) is 0. The number of nitrogens with one attached hydrogen (secondary N) is 1. The third kappa shape index (κ3) is 3.94. The molecule has 0 aliphatic heterocycles. The minimum Gasteiger partial charge on any atom is -0.383 e. The maximum Gasteiger partial charge on any atom is 0.435 e. The Labute approximate surface area is 199 Å². The molecule has 0 aliphatic carbocycles. The van der Waals surface area contributed by atoms with E-state index >= 15 is 0 Å². The number of nitrogen functional groups attached to an aromatic ring is 1. The van der Waals surface area contributed by atoms with E-state index in [1.54, 1.807) is 24.3 Å². The summed E-state index contributed by atoms with van der Waals surface area (Å²) in [7, 11) is 0. The highest BCUT2D eigenvalue weighted by Crippen LogP contribution is 2.33. The number of carbonyl (C=O) groups is 1. The Balaban J connectivity index is 1.54. The molecular weight excluding hydrogens is 477 g/mol. The summed E-state index contributed by atoms with van der Waals surface area (Å²) in [6.07, 6.45) is 1.42. The molecule has 178 valence electrons. The van der Waals surface area contributed by atoms with Crippen molar-refractivity contribution in [2.24, 2.45) is 0 Å². The number of nitrogens with two attached hydrogens (primary N) is 1. The van der Waals surface area contributed by atoms with Crippen LogP contribution in [0, 0.1) is 11.3 Å². The number of alkyl halides is 3. The number of rotatable bonds is 4. The zero-order valence-corrected chi connectivity index (χ0v) is 18.0. The molecule has 1 amide bonds. The molecule has 0 unspecified atom stereocenters. The summed E-state index contributed by atoms with van der Waals surface area (Å²) in [5.41, 5.74) is 4.04. The number of hydrogen-bond acceptors (Lipinski definition) is 8. The number of amides is 1. The second-order valence-electron chi connectivity index (χ2n) is 7.38. The van der Waals surface area contributed by atoms with Gasteiger partial charge < -0.3 is 11.1 Å². The average Bonchev–Trinajstić information content (AvgIpc) is 3.54. The van der Waals surface area contributed by atoms with Crippen LogP contribution in [0.4, 0.5) is 24.7 Å². The van der Waals surface area contributed by atoms with Gasteiger partial charge in [0.25, 0.3) is 5.91 Å². The van der Waals surface area contributed by atoms with Gasteiger partial charge in [-0.15, -0.1) is 4.80 Å². The van der Waals surface area contributed by atoms with Crippen molar-refractivity contribution in [2.75, 3.05) is 11.1 Å². The highest BCUT2D eigenvalue weighted by molar-refractivity contribution is 6.05. The molecule has 0 bridgehead atoms. The van der Waals surface area contributed by atoms with Crippen molar-refractivity contribution in [2.45, 2.75) is 6.18 Å². The van der Waals surface area contributed by atoms with Crippen LogP contribution in [-0.2, 0) is 6.18 Å². The molecule has 0 fully saturated rings. The topological polar surface area (TPSA) is 153 Å². The Hall–Kier alpha value is -5.32. The molecule has 14 heteroatoms. The van der Waals surface area contributed by atoms with Crippen molar-refractivity contribution in [1.29, 1.82) is 5.26 Å². The monoisotopic (exact) mass is 490 g/mol. The Morgan fingerprint density at radius 2 is 1.86 bits per heavy atom. The van der Waals surface area contributed by atoms with Crippen LogP contribution in [0.25, 0.3) is 22.3 Å². The molecule has 4 aromatic heterocycles. The molecule has 0 atom stereocenters. The quantitative estimate of drug-likeness (QED) is 0.390. The third-order valence-corrected chi connectivity index (χ3v) is 5.14. The number of benzene rings is 1. The highest BCUT2D eigenvalue weighted by Gasteiger charge is 2.39. The standard InChI is InChI=1S/C22H13F3N10O/c23-22(24,25)18-16(11-34(33-18)17-3-1-2-15-14(17)4-5-28-19(15)27)21(36)32-13-8-12(9-26)20(29-10-13)35-30-6-7-31-35/h1-8,10-11H,(H2,27,28)(H,32,36). The lowest BCUT2D eigenvalue weighted by Crippen LogP contribution is -2.18. The largest absolute Gasteiger partial charge is 0.435 e.